The predicted molar refractivity (Wildman–Crippen MR) is 55.3 cm³/mol. The zero-order valence-corrected chi connectivity index (χ0v) is 8.42. The van der Waals surface area contributed by atoms with E-state index < -0.39 is 11.9 Å². The summed E-state index contributed by atoms with van der Waals surface area (Å²) in [6.45, 7) is -0.220. The van der Waals surface area contributed by atoms with Gasteiger partial charge in [0, 0.05) is 0 Å². The summed E-state index contributed by atoms with van der Waals surface area (Å²) < 4.78 is 15.0. The van der Waals surface area contributed by atoms with E-state index in [1.165, 1.54) is 23.4 Å². The van der Waals surface area contributed by atoms with Crippen molar-refractivity contribution < 1.29 is 9.50 Å². The minimum Gasteiger partial charge on any atom is -0.394 e. The molecule has 1 unspecified atom stereocenters. The van der Waals surface area contributed by atoms with Crippen molar-refractivity contribution in [3.05, 3.63) is 42.2 Å². The van der Waals surface area contributed by atoms with Gasteiger partial charge < -0.3 is 10.8 Å². The van der Waals surface area contributed by atoms with Gasteiger partial charge in [-0.3, -0.25) is 0 Å². The van der Waals surface area contributed by atoms with E-state index >= 15 is 0 Å². The number of nitrogens with zero attached hydrogens (tertiary/aromatic N) is 3. The number of aromatic nitrogens is 3. The van der Waals surface area contributed by atoms with Gasteiger partial charge in [0.05, 0.1) is 12.6 Å². The molecular weight excluding hydrogens is 211 g/mol. The van der Waals surface area contributed by atoms with Crippen LogP contribution in [0.1, 0.15) is 11.6 Å². The standard InChI is InChI=1S/C10H11FN4O/c11-8-3-7(9(12)4-16)1-2-10(8)15-6-13-5-14-15/h1-3,5-6,9,16H,4,12H2. The lowest BCUT2D eigenvalue weighted by Crippen LogP contribution is -2.15. The lowest BCUT2D eigenvalue weighted by Gasteiger charge is -2.10. The van der Waals surface area contributed by atoms with Crippen molar-refractivity contribution in [3.8, 4) is 5.69 Å². The first-order valence-electron chi connectivity index (χ1n) is 4.73. The van der Waals surface area contributed by atoms with Crippen LogP contribution in [0.4, 0.5) is 4.39 Å². The van der Waals surface area contributed by atoms with E-state index in [0.717, 1.165) is 0 Å². The molecule has 84 valence electrons. The summed E-state index contributed by atoms with van der Waals surface area (Å²) in [5, 5.41) is 12.7. The molecule has 6 heteroatoms. The Morgan fingerprint density at radius 2 is 2.31 bits per heavy atom. The van der Waals surface area contributed by atoms with Crippen LogP contribution >= 0.6 is 0 Å². The van der Waals surface area contributed by atoms with Gasteiger partial charge in [0.2, 0.25) is 0 Å². The summed E-state index contributed by atoms with van der Waals surface area (Å²) in [7, 11) is 0. The molecule has 0 amide bonds. The molecule has 0 aliphatic rings. The first-order chi connectivity index (χ1) is 7.72. The Labute approximate surface area is 91.3 Å². The van der Waals surface area contributed by atoms with E-state index in [2.05, 4.69) is 10.1 Å². The van der Waals surface area contributed by atoms with Crippen LogP contribution < -0.4 is 5.73 Å². The molecule has 1 aromatic heterocycles. The van der Waals surface area contributed by atoms with Crippen molar-refractivity contribution in [2.45, 2.75) is 6.04 Å². The van der Waals surface area contributed by atoms with Gasteiger partial charge in [0.1, 0.15) is 24.2 Å². The number of nitrogens with two attached hydrogens (primary N) is 1. The highest BCUT2D eigenvalue weighted by Crippen LogP contribution is 2.17. The Bertz CT molecular complexity index is 472. The van der Waals surface area contributed by atoms with Crippen molar-refractivity contribution in [2.24, 2.45) is 5.73 Å². The van der Waals surface area contributed by atoms with E-state index in [0.29, 0.717) is 11.3 Å². The third-order valence-electron chi connectivity index (χ3n) is 2.26. The van der Waals surface area contributed by atoms with Gasteiger partial charge in [-0.15, -0.1) is 0 Å². The molecular formula is C10H11FN4O. The molecule has 0 aliphatic heterocycles. The zero-order chi connectivity index (χ0) is 11.5. The number of benzene rings is 1. The van der Waals surface area contributed by atoms with Gasteiger partial charge >= 0.3 is 0 Å². The number of aliphatic hydroxyl groups is 1. The van der Waals surface area contributed by atoms with Crippen LogP contribution in [0.3, 0.4) is 0 Å². The summed E-state index contributed by atoms with van der Waals surface area (Å²) in [4.78, 5) is 3.73. The van der Waals surface area contributed by atoms with Crippen LogP contribution in [0, 0.1) is 5.82 Å². The molecule has 0 saturated carbocycles. The highest BCUT2D eigenvalue weighted by Gasteiger charge is 2.10. The maximum absolute atomic E-state index is 13.7. The van der Waals surface area contributed by atoms with Gasteiger partial charge in [-0.05, 0) is 17.7 Å². The van der Waals surface area contributed by atoms with Gasteiger partial charge in [-0.25, -0.2) is 14.1 Å². The van der Waals surface area contributed by atoms with Crippen LogP contribution in [0.15, 0.2) is 30.9 Å². The average Bonchev–Trinajstić information content (AvgIpc) is 2.81. The molecule has 1 aromatic carbocycles. The second kappa shape index (κ2) is 4.38. The first-order valence-corrected chi connectivity index (χ1v) is 4.73. The van der Waals surface area contributed by atoms with E-state index in [1.54, 1.807) is 12.1 Å². The van der Waals surface area contributed by atoms with Crippen molar-refractivity contribution in [2.75, 3.05) is 6.61 Å². The molecule has 0 fully saturated rings. The lowest BCUT2D eigenvalue weighted by atomic mass is 10.1. The van der Waals surface area contributed by atoms with Crippen LogP contribution in [0.5, 0.6) is 0 Å². The summed E-state index contributed by atoms with van der Waals surface area (Å²) in [5.74, 6) is -0.452. The van der Waals surface area contributed by atoms with Crippen LogP contribution in [-0.4, -0.2) is 26.5 Å². The maximum atomic E-state index is 13.7. The molecule has 0 bridgehead atoms. The number of aliphatic hydroxyl groups excluding tert-OH is 1. The molecule has 2 rings (SSSR count). The Hall–Kier alpha value is -1.79. The second-order valence-corrected chi connectivity index (χ2v) is 3.34. The van der Waals surface area contributed by atoms with Crippen molar-refractivity contribution in [1.82, 2.24) is 14.8 Å². The summed E-state index contributed by atoms with van der Waals surface area (Å²) in [6.07, 6.45) is 2.73. The third-order valence-corrected chi connectivity index (χ3v) is 2.26. The summed E-state index contributed by atoms with van der Waals surface area (Å²) in [6, 6.07) is 3.92. The fraction of sp³-hybridized carbons (Fsp3) is 0.200. The highest BCUT2D eigenvalue weighted by atomic mass is 19.1. The van der Waals surface area contributed by atoms with Crippen LogP contribution in [-0.2, 0) is 0 Å². The van der Waals surface area contributed by atoms with Gasteiger partial charge in [0.15, 0.2) is 0 Å². The topological polar surface area (TPSA) is 77.0 Å². The minimum absolute atomic E-state index is 0.220. The number of rotatable bonds is 3. The Morgan fingerprint density at radius 1 is 1.50 bits per heavy atom. The molecule has 0 radical (unpaired) electrons. The van der Waals surface area contributed by atoms with Crippen LogP contribution in [0.2, 0.25) is 0 Å². The lowest BCUT2D eigenvalue weighted by molar-refractivity contribution is 0.268. The van der Waals surface area contributed by atoms with E-state index in [9.17, 15) is 4.39 Å². The second-order valence-electron chi connectivity index (χ2n) is 3.34. The van der Waals surface area contributed by atoms with Gasteiger partial charge in [-0.2, -0.15) is 5.10 Å². The molecule has 0 spiro atoms. The molecule has 2 aromatic rings. The van der Waals surface area contributed by atoms with Crippen molar-refractivity contribution in [1.29, 1.82) is 0 Å². The third kappa shape index (κ3) is 1.93. The molecule has 1 atom stereocenters. The van der Waals surface area contributed by atoms with Gasteiger partial charge in [-0.1, -0.05) is 6.07 Å². The number of hydrogen-bond donors (Lipinski definition) is 2. The molecule has 3 N–H and O–H groups in total. The van der Waals surface area contributed by atoms with Crippen molar-refractivity contribution in [3.63, 3.8) is 0 Å². The maximum Gasteiger partial charge on any atom is 0.149 e. The van der Waals surface area contributed by atoms with Crippen LogP contribution in [0.25, 0.3) is 5.69 Å². The zero-order valence-electron chi connectivity index (χ0n) is 8.42. The minimum atomic E-state index is -0.570. The molecule has 5 nitrogen and oxygen atoms in total. The quantitative estimate of drug-likeness (QED) is 0.788. The fourth-order valence-electron chi connectivity index (χ4n) is 1.38. The van der Waals surface area contributed by atoms with E-state index in [4.69, 9.17) is 10.8 Å². The average molecular weight is 222 g/mol. The fourth-order valence-corrected chi connectivity index (χ4v) is 1.38. The Balaban J connectivity index is 2.37. The van der Waals surface area contributed by atoms with E-state index in [-0.39, 0.29) is 6.61 Å². The summed E-state index contributed by atoms with van der Waals surface area (Å²) in [5.41, 5.74) is 6.42. The number of hydrogen-bond acceptors (Lipinski definition) is 4. The predicted octanol–water partition coefficient (Wildman–Crippen LogP) is 0.398. The monoisotopic (exact) mass is 222 g/mol. The highest BCUT2D eigenvalue weighted by molar-refractivity contribution is 5.36. The molecule has 0 aliphatic carbocycles. The summed E-state index contributed by atoms with van der Waals surface area (Å²) >= 11 is 0. The van der Waals surface area contributed by atoms with Crippen molar-refractivity contribution >= 4 is 0 Å². The number of halogens is 1. The largest absolute Gasteiger partial charge is 0.394 e. The molecule has 1 heterocycles. The molecule has 0 saturated heterocycles. The molecule has 16 heavy (non-hydrogen) atoms. The smallest absolute Gasteiger partial charge is 0.149 e. The Kier molecular flexibility index (Phi) is 2.93. The SMILES string of the molecule is NC(CO)c1ccc(-n2cncn2)c(F)c1. The first kappa shape index (κ1) is 10.7. The van der Waals surface area contributed by atoms with Gasteiger partial charge in [0.25, 0.3) is 0 Å². The van der Waals surface area contributed by atoms with E-state index in [1.807, 2.05) is 0 Å². The Morgan fingerprint density at radius 3 is 2.88 bits per heavy atom. The normalized spacial score (nSPS) is 12.7.